The van der Waals surface area contributed by atoms with E-state index >= 15 is 0 Å². The van der Waals surface area contributed by atoms with E-state index in [4.69, 9.17) is 4.18 Å². The summed E-state index contributed by atoms with van der Waals surface area (Å²) in [6, 6.07) is 0. The molecule has 2 aliphatic carbocycles. The van der Waals surface area contributed by atoms with Gasteiger partial charge in [0.1, 0.15) is 0 Å². The van der Waals surface area contributed by atoms with Crippen LogP contribution >= 0.6 is 0 Å². The molecule has 0 aromatic rings. The molecule has 0 unspecified atom stereocenters. The molecule has 16 heavy (non-hydrogen) atoms. The van der Waals surface area contributed by atoms with Crippen LogP contribution in [-0.4, -0.2) is 21.3 Å². The van der Waals surface area contributed by atoms with Crippen LogP contribution in [0.4, 0.5) is 0 Å². The molecular weight excluding hydrogens is 224 g/mol. The predicted octanol–water partition coefficient (Wildman–Crippen LogP) is 2.71. The molecule has 2 fully saturated rings. The zero-order chi connectivity index (χ0) is 11.6. The fraction of sp³-hybridized carbons (Fsp3) is 1.00. The topological polar surface area (TPSA) is 43.4 Å². The minimum absolute atomic E-state index is 0.398. The minimum Gasteiger partial charge on any atom is -0.270 e. The van der Waals surface area contributed by atoms with Gasteiger partial charge in [0.2, 0.25) is 0 Å². The Bertz CT molecular complexity index is 318. The zero-order valence-corrected chi connectivity index (χ0v) is 10.9. The van der Waals surface area contributed by atoms with Crippen molar-refractivity contribution in [1.82, 2.24) is 0 Å². The Morgan fingerprint density at radius 2 is 1.69 bits per heavy atom. The standard InChI is InChI=1S/C12H22O3S/c1-16(13,14)15-10-11-4-8-12(9-5-11)6-2-3-7-12/h11H,2-10H2,1H3. The highest BCUT2D eigenvalue weighted by Crippen LogP contribution is 2.50. The summed E-state index contributed by atoms with van der Waals surface area (Å²) in [6.45, 7) is 0.398. The highest BCUT2D eigenvalue weighted by atomic mass is 32.2. The number of rotatable bonds is 3. The molecule has 2 aliphatic rings. The molecule has 0 aliphatic heterocycles. The third kappa shape index (κ3) is 3.20. The highest BCUT2D eigenvalue weighted by Gasteiger charge is 2.37. The quantitative estimate of drug-likeness (QED) is 0.719. The van der Waals surface area contributed by atoms with E-state index < -0.39 is 10.1 Å². The van der Waals surface area contributed by atoms with Gasteiger partial charge in [-0.15, -0.1) is 0 Å². The van der Waals surface area contributed by atoms with E-state index in [9.17, 15) is 8.42 Å². The Labute approximate surface area is 98.7 Å². The Hall–Kier alpha value is -0.0900. The van der Waals surface area contributed by atoms with Crippen LogP contribution in [0.25, 0.3) is 0 Å². The Morgan fingerprint density at radius 3 is 2.19 bits per heavy atom. The average molecular weight is 246 g/mol. The summed E-state index contributed by atoms with van der Waals surface area (Å²) in [7, 11) is -3.25. The van der Waals surface area contributed by atoms with Gasteiger partial charge in [-0.25, -0.2) is 0 Å². The van der Waals surface area contributed by atoms with Crippen LogP contribution in [0.15, 0.2) is 0 Å². The van der Waals surface area contributed by atoms with Gasteiger partial charge >= 0.3 is 0 Å². The van der Waals surface area contributed by atoms with Crippen molar-refractivity contribution in [2.24, 2.45) is 11.3 Å². The predicted molar refractivity (Wildman–Crippen MR) is 63.7 cm³/mol. The van der Waals surface area contributed by atoms with Gasteiger partial charge in [0.05, 0.1) is 12.9 Å². The van der Waals surface area contributed by atoms with Crippen molar-refractivity contribution in [1.29, 1.82) is 0 Å². The first-order valence-electron chi connectivity index (χ1n) is 6.34. The van der Waals surface area contributed by atoms with Crippen LogP contribution in [-0.2, 0) is 14.3 Å². The van der Waals surface area contributed by atoms with E-state index in [0.717, 1.165) is 19.1 Å². The van der Waals surface area contributed by atoms with Gasteiger partial charge in [0.25, 0.3) is 10.1 Å². The van der Waals surface area contributed by atoms with Crippen LogP contribution in [0, 0.1) is 11.3 Å². The molecule has 0 radical (unpaired) electrons. The first kappa shape index (κ1) is 12.4. The second-order valence-electron chi connectivity index (χ2n) is 5.64. The van der Waals surface area contributed by atoms with Gasteiger partial charge in [-0.1, -0.05) is 12.8 Å². The van der Waals surface area contributed by atoms with Gasteiger partial charge in [0, 0.05) is 0 Å². The maximum atomic E-state index is 10.9. The lowest BCUT2D eigenvalue weighted by Crippen LogP contribution is -2.27. The molecule has 0 aromatic heterocycles. The smallest absolute Gasteiger partial charge is 0.264 e. The van der Waals surface area contributed by atoms with Crippen molar-refractivity contribution < 1.29 is 12.6 Å². The van der Waals surface area contributed by atoms with Crippen molar-refractivity contribution in [2.75, 3.05) is 12.9 Å². The van der Waals surface area contributed by atoms with E-state index in [2.05, 4.69) is 0 Å². The maximum Gasteiger partial charge on any atom is 0.264 e. The van der Waals surface area contributed by atoms with Crippen LogP contribution in [0.5, 0.6) is 0 Å². The molecule has 2 rings (SSSR count). The Morgan fingerprint density at radius 1 is 1.12 bits per heavy atom. The fourth-order valence-corrected chi connectivity index (χ4v) is 3.74. The SMILES string of the molecule is CS(=O)(=O)OCC1CCC2(CCCC2)CC1. The second-order valence-corrected chi connectivity index (χ2v) is 7.28. The second kappa shape index (κ2) is 4.65. The summed E-state index contributed by atoms with van der Waals surface area (Å²) >= 11 is 0. The molecular formula is C12H22O3S. The van der Waals surface area contributed by atoms with Gasteiger partial charge < -0.3 is 0 Å². The zero-order valence-electron chi connectivity index (χ0n) is 10.1. The van der Waals surface area contributed by atoms with E-state index in [1.807, 2.05) is 0 Å². The van der Waals surface area contributed by atoms with Crippen LogP contribution < -0.4 is 0 Å². The van der Waals surface area contributed by atoms with Crippen LogP contribution in [0.3, 0.4) is 0 Å². The van der Waals surface area contributed by atoms with E-state index in [0.29, 0.717) is 17.9 Å². The molecule has 0 saturated heterocycles. The number of hydrogen-bond acceptors (Lipinski definition) is 3. The van der Waals surface area contributed by atoms with Gasteiger partial charge in [-0.2, -0.15) is 8.42 Å². The summed E-state index contributed by atoms with van der Waals surface area (Å²) in [4.78, 5) is 0. The average Bonchev–Trinajstić information content (AvgIpc) is 2.65. The van der Waals surface area contributed by atoms with E-state index in [-0.39, 0.29) is 0 Å². The summed E-state index contributed by atoms with van der Waals surface area (Å²) < 4.78 is 26.7. The summed E-state index contributed by atoms with van der Waals surface area (Å²) in [5.41, 5.74) is 0.627. The van der Waals surface area contributed by atoms with E-state index in [1.54, 1.807) is 0 Å². The highest BCUT2D eigenvalue weighted by molar-refractivity contribution is 7.85. The third-order valence-electron chi connectivity index (χ3n) is 4.35. The molecule has 0 bridgehead atoms. The summed E-state index contributed by atoms with van der Waals surface area (Å²) in [5, 5.41) is 0. The normalized spacial score (nSPS) is 26.3. The lowest BCUT2D eigenvalue weighted by molar-refractivity contribution is 0.123. The molecule has 1 spiro atoms. The minimum atomic E-state index is -3.25. The molecule has 94 valence electrons. The van der Waals surface area contributed by atoms with Crippen LogP contribution in [0.1, 0.15) is 51.4 Å². The first-order valence-corrected chi connectivity index (χ1v) is 8.15. The Kier molecular flexibility index (Phi) is 3.59. The number of hydrogen-bond donors (Lipinski definition) is 0. The van der Waals surface area contributed by atoms with E-state index in [1.165, 1.54) is 38.5 Å². The van der Waals surface area contributed by atoms with Crippen molar-refractivity contribution in [3.05, 3.63) is 0 Å². The van der Waals surface area contributed by atoms with Crippen molar-refractivity contribution in [3.8, 4) is 0 Å². The summed E-state index contributed by atoms with van der Waals surface area (Å²) in [6.07, 6.45) is 11.6. The van der Waals surface area contributed by atoms with Gasteiger partial charge in [-0.3, -0.25) is 4.18 Å². The lowest BCUT2D eigenvalue weighted by Gasteiger charge is -2.37. The third-order valence-corrected chi connectivity index (χ3v) is 4.91. The lowest BCUT2D eigenvalue weighted by atomic mass is 9.70. The summed E-state index contributed by atoms with van der Waals surface area (Å²) in [5.74, 6) is 0.459. The molecule has 0 atom stereocenters. The molecule has 0 N–H and O–H groups in total. The first-order chi connectivity index (χ1) is 7.49. The molecule has 0 aromatic carbocycles. The fourth-order valence-electron chi connectivity index (χ4n) is 3.30. The monoisotopic (exact) mass is 246 g/mol. The molecule has 0 heterocycles. The van der Waals surface area contributed by atoms with Crippen molar-refractivity contribution >= 4 is 10.1 Å². The largest absolute Gasteiger partial charge is 0.270 e. The molecule has 4 heteroatoms. The van der Waals surface area contributed by atoms with Crippen molar-refractivity contribution in [3.63, 3.8) is 0 Å². The molecule has 2 saturated carbocycles. The van der Waals surface area contributed by atoms with Crippen molar-refractivity contribution in [2.45, 2.75) is 51.4 Å². The Balaban J connectivity index is 1.77. The molecule has 0 amide bonds. The van der Waals surface area contributed by atoms with Crippen LogP contribution in [0.2, 0.25) is 0 Å². The van der Waals surface area contributed by atoms with Gasteiger partial charge in [-0.05, 0) is 49.9 Å². The van der Waals surface area contributed by atoms with Gasteiger partial charge in [0.15, 0.2) is 0 Å². The maximum absolute atomic E-state index is 10.9. The molecule has 3 nitrogen and oxygen atoms in total.